The maximum absolute atomic E-state index is 4.11. The van der Waals surface area contributed by atoms with Gasteiger partial charge in [-0.3, -0.25) is 0 Å². The summed E-state index contributed by atoms with van der Waals surface area (Å²) < 4.78 is 0. The molecule has 0 amide bonds. The van der Waals surface area contributed by atoms with Crippen LogP contribution in [0.1, 0.15) is 5.82 Å². The second-order valence-electron chi connectivity index (χ2n) is 3.39. The number of aryl methyl sites for hydroxylation is 1. The van der Waals surface area contributed by atoms with Crippen molar-refractivity contribution in [1.29, 1.82) is 0 Å². The molecule has 2 rings (SSSR count). The normalized spacial score (nSPS) is 21.8. The Balaban J connectivity index is 1.65. The van der Waals surface area contributed by atoms with Gasteiger partial charge >= 0.3 is 0 Å². The van der Waals surface area contributed by atoms with Gasteiger partial charge in [-0.2, -0.15) is 28.3 Å². The second-order valence-corrected chi connectivity index (χ2v) is 5.95. The van der Waals surface area contributed by atoms with E-state index < -0.39 is 0 Å². The van der Waals surface area contributed by atoms with Crippen LogP contribution in [-0.2, 0) is 13.6 Å². The predicted molar refractivity (Wildman–Crippen MR) is 64.1 cm³/mol. The van der Waals surface area contributed by atoms with E-state index in [2.05, 4.69) is 32.5 Å². The second kappa shape index (κ2) is 5.72. The van der Waals surface area contributed by atoms with E-state index in [1.165, 1.54) is 22.1 Å². The molecule has 1 aliphatic heterocycles. The molecule has 0 saturated carbocycles. The maximum Gasteiger partial charge on any atom is 0.188 e. The quantitative estimate of drug-likeness (QED) is 0.815. The largest absolute Gasteiger partial charge is 0.309 e. The number of aromatic nitrogens is 4. The van der Waals surface area contributed by atoms with Gasteiger partial charge in [0, 0.05) is 29.1 Å². The summed E-state index contributed by atoms with van der Waals surface area (Å²) in [5, 5.41) is 15.9. The van der Waals surface area contributed by atoms with Gasteiger partial charge in [0.1, 0.15) is 0 Å². The number of thioether (sulfide) groups is 2. The molecule has 1 aliphatic rings. The average molecular weight is 245 g/mol. The van der Waals surface area contributed by atoms with Gasteiger partial charge in [-0.1, -0.05) is 0 Å². The molecule has 7 heteroatoms. The minimum absolute atomic E-state index is 0.718. The van der Waals surface area contributed by atoms with Crippen molar-refractivity contribution in [2.24, 2.45) is 7.05 Å². The van der Waals surface area contributed by atoms with Crippen LogP contribution in [0.4, 0.5) is 0 Å². The first-order valence-electron chi connectivity index (χ1n) is 4.97. The number of hydrogen-bond acceptors (Lipinski definition) is 6. The zero-order valence-electron chi connectivity index (χ0n) is 8.72. The Bertz CT molecular complexity index is 297. The molecule has 1 fully saturated rings. The highest BCUT2D eigenvalue weighted by atomic mass is 32.2. The third kappa shape index (κ3) is 3.66. The van der Waals surface area contributed by atoms with E-state index in [1.807, 2.05) is 11.8 Å². The molecular formula is C8H15N5S2. The molecule has 1 unspecified atom stereocenters. The van der Waals surface area contributed by atoms with Crippen LogP contribution in [0.25, 0.3) is 0 Å². The molecule has 1 aromatic heterocycles. The molecule has 0 bridgehead atoms. The molecule has 2 heterocycles. The van der Waals surface area contributed by atoms with Crippen molar-refractivity contribution < 1.29 is 0 Å². The van der Waals surface area contributed by atoms with Crippen LogP contribution >= 0.6 is 23.5 Å². The zero-order valence-corrected chi connectivity index (χ0v) is 10.4. The van der Waals surface area contributed by atoms with Gasteiger partial charge in [0.15, 0.2) is 5.82 Å². The fourth-order valence-corrected chi connectivity index (χ4v) is 4.04. The Morgan fingerprint density at radius 2 is 2.47 bits per heavy atom. The molecule has 0 aromatic carbocycles. The van der Waals surface area contributed by atoms with E-state index >= 15 is 0 Å². The lowest BCUT2D eigenvalue weighted by atomic mass is 10.4. The Morgan fingerprint density at radius 3 is 3.13 bits per heavy atom. The van der Waals surface area contributed by atoms with Crippen LogP contribution in [0.15, 0.2) is 0 Å². The van der Waals surface area contributed by atoms with Crippen LogP contribution in [0.3, 0.4) is 0 Å². The summed E-state index contributed by atoms with van der Waals surface area (Å²) in [6.45, 7) is 1.76. The van der Waals surface area contributed by atoms with Crippen LogP contribution in [0.5, 0.6) is 0 Å². The Labute approximate surface area is 97.8 Å². The molecule has 0 radical (unpaired) electrons. The lowest BCUT2D eigenvalue weighted by Gasteiger charge is -2.20. The first-order valence-corrected chi connectivity index (χ1v) is 7.18. The van der Waals surface area contributed by atoms with Crippen molar-refractivity contribution in [3.63, 3.8) is 0 Å². The summed E-state index contributed by atoms with van der Waals surface area (Å²) in [5.41, 5.74) is 0. The minimum atomic E-state index is 0.718. The molecule has 1 atom stereocenters. The van der Waals surface area contributed by atoms with Gasteiger partial charge in [0.2, 0.25) is 0 Å². The molecular weight excluding hydrogens is 230 g/mol. The van der Waals surface area contributed by atoms with E-state index in [0.717, 1.165) is 24.2 Å². The number of nitrogens with one attached hydrogen (secondary N) is 1. The molecule has 84 valence electrons. The van der Waals surface area contributed by atoms with Crippen molar-refractivity contribution in [3.05, 3.63) is 5.82 Å². The number of tetrazole rings is 1. The lowest BCUT2D eigenvalue weighted by molar-refractivity contribution is 0.619. The molecule has 15 heavy (non-hydrogen) atoms. The number of hydrogen-bond donors (Lipinski definition) is 1. The molecule has 1 N–H and O–H groups in total. The highest BCUT2D eigenvalue weighted by Crippen LogP contribution is 2.23. The van der Waals surface area contributed by atoms with Gasteiger partial charge in [-0.05, 0) is 5.21 Å². The van der Waals surface area contributed by atoms with Crippen LogP contribution in [0, 0.1) is 0 Å². The SMILES string of the molecule is Cn1nnc(CNCC2CSCCS2)n1. The average Bonchev–Trinajstić information content (AvgIpc) is 2.66. The Kier molecular flexibility index (Phi) is 4.28. The van der Waals surface area contributed by atoms with E-state index in [0.29, 0.717) is 0 Å². The monoisotopic (exact) mass is 245 g/mol. The predicted octanol–water partition coefficient (Wildman–Crippen LogP) is 0.148. The highest BCUT2D eigenvalue weighted by molar-refractivity contribution is 8.06. The van der Waals surface area contributed by atoms with Gasteiger partial charge in [-0.15, -0.1) is 10.2 Å². The van der Waals surface area contributed by atoms with Crippen LogP contribution in [0.2, 0.25) is 0 Å². The Morgan fingerprint density at radius 1 is 1.53 bits per heavy atom. The summed E-state index contributed by atoms with van der Waals surface area (Å²) in [6, 6.07) is 0. The number of rotatable bonds is 4. The lowest BCUT2D eigenvalue weighted by Crippen LogP contribution is -2.29. The first kappa shape index (κ1) is 11.2. The van der Waals surface area contributed by atoms with Crippen molar-refractivity contribution in [1.82, 2.24) is 25.5 Å². The Hall–Kier alpha value is -0.270. The highest BCUT2D eigenvalue weighted by Gasteiger charge is 2.13. The van der Waals surface area contributed by atoms with E-state index in [4.69, 9.17) is 0 Å². The maximum atomic E-state index is 4.11. The van der Waals surface area contributed by atoms with Crippen molar-refractivity contribution >= 4 is 23.5 Å². The minimum Gasteiger partial charge on any atom is -0.309 e. The fourth-order valence-electron chi connectivity index (χ4n) is 1.39. The van der Waals surface area contributed by atoms with E-state index in [1.54, 1.807) is 7.05 Å². The smallest absolute Gasteiger partial charge is 0.188 e. The first-order chi connectivity index (χ1) is 7.34. The van der Waals surface area contributed by atoms with Crippen LogP contribution < -0.4 is 5.32 Å². The van der Waals surface area contributed by atoms with Gasteiger partial charge < -0.3 is 5.32 Å². The van der Waals surface area contributed by atoms with Crippen molar-refractivity contribution in [2.75, 3.05) is 23.8 Å². The summed E-state index contributed by atoms with van der Waals surface area (Å²) in [7, 11) is 1.78. The third-order valence-electron chi connectivity index (χ3n) is 2.09. The molecule has 0 aliphatic carbocycles. The van der Waals surface area contributed by atoms with E-state index in [9.17, 15) is 0 Å². The zero-order chi connectivity index (χ0) is 10.5. The van der Waals surface area contributed by atoms with E-state index in [-0.39, 0.29) is 0 Å². The summed E-state index contributed by atoms with van der Waals surface area (Å²) in [5.74, 6) is 4.60. The number of nitrogens with zero attached hydrogens (tertiary/aromatic N) is 4. The summed E-state index contributed by atoms with van der Waals surface area (Å²) in [6.07, 6.45) is 0. The standard InChI is InChI=1S/C8H15N5S2/c1-13-11-8(10-12-13)5-9-4-7-6-14-2-3-15-7/h7,9H,2-6H2,1H3. The fraction of sp³-hybridized carbons (Fsp3) is 0.875. The molecule has 1 saturated heterocycles. The summed E-state index contributed by atoms with van der Waals surface area (Å²) in [4.78, 5) is 1.49. The topological polar surface area (TPSA) is 55.6 Å². The molecule has 0 spiro atoms. The third-order valence-corrected chi connectivity index (χ3v) is 4.93. The van der Waals surface area contributed by atoms with Gasteiger partial charge in [-0.25, -0.2) is 0 Å². The van der Waals surface area contributed by atoms with Crippen molar-refractivity contribution in [3.8, 4) is 0 Å². The molecule has 5 nitrogen and oxygen atoms in total. The van der Waals surface area contributed by atoms with Gasteiger partial charge in [0.05, 0.1) is 13.6 Å². The van der Waals surface area contributed by atoms with Gasteiger partial charge in [0.25, 0.3) is 0 Å². The van der Waals surface area contributed by atoms with Crippen LogP contribution in [-0.4, -0.2) is 49.3 Å². The van der Waals surface area contributed by atoms with Crippen molar-refractivity contribution in [2.45, 2.75) is 11.8 Å². The molecule has 1 aromatic rings. The summed E-state index contributed by atoms with van der Waals surface area (Å²) >= 11 is 4.10.